The van der Waals surface area contributed by atoms with Crippen LogP contribution < -0.4 is 15.0 Å². The summed E-state index contributed by atoms with van der Waals surface area (Å²) in [6.07, 6.45) is 3.31. The number of ketones is 1. The van der Waals surface area contributed by atoms with E-state index < -0.39 is 0 Å². The number of Topliss-reactive ketones (excluding diaryl/α,β-unsaturated/α-hetero) is 1. The maximum atomic E-state index is 12.9. The fraction of sp³-hybridized carbons (Fsp3) is 0.421. The highest BCUT2D eigenvalue weighted by molar-refractivity contribution is 5.98. The summed E-state index contributed by atoms with van der Waals surface area (Å²) in [5, 5.41) is 12.0. The number of nitrogens with one attached hydrogen (secondary N) is 1. The lowest BCUT2D eigenvalue weighted by atomic mass is 9.90. The third-order valence-electron chi connectivity index (χ3n) is 4.54. The highest BCUT2D eigenvalue weighted by Crippen LogP contribution is 2.26. The number of aromatic nitrogens is 2. The molecule has 0 bridgehead atoms. The van der Waals surface area contributed by atoms with Gasteiger partial charge in [0.2, 0.25) is 0 Å². The van der Waals surface area contributed by atoms with Gasteiger partial charge in [-0.1, -0.05) is 12.1 Å². The zero-order valence-electron chi connectivity index (χ0n) is 14.9. The highest BCUT2D eigenvalue weighted by atomic mass is 16.5. The fourth-order valence-corrected chi connectivity index (χ4v) is 3.21. The van der Waals surface area contributed by atoms with Crippen LogP contribution in [-0.4, -0.2) is 54.2 Å². The van der Waals surface area contributed by atoms with Crippen LogP contribution in [0.15, 0.2) is 36.7 Å². The number of methoxy groups -OCH3 is 1. The minimum atomic E-state index is -0.0697. The van der Waals surface area contributed by atoms with Gasteiger partial charge in [-0.25, -0.2) is 9.97 Å². The summed E-state index contributed by atoms with van der Waals surface area (Å²) in [7, 11) is 1.60. The minimum Gasteiger partial charge on any atom is -0.497 e. The molecule has 3 rings (SSSR count). The van der Waals surface area contributed by atoms with Gasteiger partial charge in [0.1, 0.15) is 23.7 Å². The highest BCUT2D eigenvalue weighted by Gasteiger charge is 2.27. The Morgan fingerprint density at radius 1 is 1.38 bits per heavy atom. The van der Waals surface area contributed by atoms with Gasteiger partial charge < -0.3 is 20.1 Å². The van der Waals surface area contributed by atoms with Crippen molar-refractivity contribution in [3.8, 4) is 5.75 Å². The monoisotopic (exact) mass is 356 g/mol. The van der Waals surface area contributed by atoms with Gasteiger partial charge in [0, 0.05) is 37.2 Å². The molecule has 1 aromatic heterocycles. The van der Waals surface area contributed by atoms with Crippen LogP contribution >= 0.6 is 0 Å². The van der Waals surface area contributed by atoms with Crippen LogP contribution in [0.4, 0.5) is 11.6 Å². The lowest BCUT2D eigenvalue weighted by Crippen LogP contribution is -2.39. The number of hydrogen-bond donors (Lipinski definition) is 2. The van der Waals surface area contributed by atoms with Gasteiger partial charge in [-0.05, 0) is 25.0 Å². The van der Waals surface area contributed by atoms with Gasteiger partial charge in [0.25, 0.3) is 0 Å². The van der Waals surface area contributed by atoms with Crippen LogP contribution in [0.3, 0.4) is 0 Å². The molecule has 2 N–H and O–H groups in total. The molecule has 1 aromatic carbocycles. The molecule has 7 heteroatoms. The SMILES string of the molecule is COc1cccc(C(=O)[C@H]2CCCN(c3cc(NCCO)ncn3)C2)c1. The Labute approximate surface area is 153 Å². The molecule has 1 aliphatic rings. The topological polar surface area (TPSA) is 87.6 Å². The average Bonchev–Trinajstić information content (AvgIpc) is 2.72. The first kappa shape index (κ1) is 18.1. The minimum absolute atomic E-state index is 0.0418. The molecule has 26 heavy (non-hydrogen) atoms. The van der Waals surface area contributed by atoms with Crippen molar-refractivity contribution in [1.82, 2.24) is 9.97 Å². The molecule has 0 amide bonds. The second kappa shape index (κ2) is 8.62. The number of hydrogen-bond acceptors (Lipinski definition) is 7. The molecule has 1 atom stereocenters. The largest absolute Gasteiger partial charge is 0.497 e. The van der Waals surface area contributed by atoms with E-state index in [9.17, 15) is 4.79 Å². The van der Waals surface area contributed by atoms with E-state index in [4.69, 9.17) is 9.84 Å². The Kier molecular flexibility index (Phi) is 6.01. The normalized spacial score (nSPS) is 17.0. The van der Waals surface area contributed by atoms with Crippen molar-refractivity contribution in [2.24, 2.45) is 5.92 Å². The van der Waals surface area contributed by atoms with Crippen LogP contribution in [0.25, 0.3) is 0 Å². The molecule has 1 aliphatic heterocycles. The molecule has 138 valence electrons. The molecular weight excluding hydrogens is 332 g/mol. The summed E-state index contributed by atoms with van der Waals surface area (Å²) < 4.78 is 5.22. The van der Waals surface area contributed by atoms with Crippen molar-refractivity contribution in [2.75, 3.05) is 43.6 Å². The third kappa shape index (κ3) is 4.29. The lowest BCUT2D eigenvalue weighted by Gasteiger charge is -2.33. The van der Waals surface area contributed by atoms with E-state index in [1.165, 1.54) is 6.33 Å². The van der Waals surface area contributed by atoms with Gasteiger partial charge in [-0.2, -0.15) is 0 Å². The number of ether oxygens (including phenoxy) is 1. The molecule has 0 aliphatic carbocycles. The summed E-state index contributed by atoms with van der Waals surface area (Å²) in [5.74, 6) is 2.23. The number of carbonyl (C=O) groups is 1. The van der Waals surface area contributed by atoms with Gasteiger partial charge in [-0.3, -0.25) is 4.79 Å². The van der Waals surface area contributed by atoms with Crippen molar-refractivity contribution in [2.45, 2.75) is 12.8 Å². The first-order valence-electron chi connectivity index (χ1n) is 8.81. The second-order valence-electron chi connectivity index (χ2n) is 6.29. The van der Waals surface area contributed by atoms with Crippen molar-refractivity contribution in [3.05, 3.63) is 42.2 Å². The molecular formula is C19H24N4O3. The number of rotatable bonds is 7. The maximum absolute atomic E-state index is 12.9. The van der Waals surface area contributed by atoms with Gasteiger partial charge in [0.05, 0.1) is 13.7 Å². The lowest BCUT2D eigenvalue weighted by molar-refractivity contribution is 0.0906. The number of nitrogens with zero attached hydrogens (tertiary/aromatic N) is 3. The van der Waals surface area contributed by atoms with Crippen LogP contribution in [0.1, 0.15) is 23.2 Å². The smallest absolute Gasteiger partial charge is 0.167 e. The van der Waals surface area contributed by atoms with Crippen molar-refractivity contribution >= 4 is 17.4 Å². The number of aliphatic hydroxyl groups excluding tert-OH is 1. The number of carbonyl (C=O) groups excluding carboxylic acids is 1. The van der Waals surface area contributed by atoms with E-state index >= 15 is 0 Å². The molecule has 0 unspecified atom stereocenters. The number of aliphatic hydroxyl groups is 1. The molecule has 0 saturated carbocycles. The standard InChI is InChI=1S/C19H24N4O3/c1-26-16-6-2-4-14(10-16)19(25)15-5-3-8-23(12-15)18-11-17(20-7-9-24)21-13-22-18/h2,4,6,10-11,13,15,24H,3,5,7-9,12H2,1H3,(H,20,21,22)/t15-/m0/s1. The molecule has 1 saturated heterocycles. The predicted octanol–water partition coefficient (Wildman–Crippen LogP) is 1.99. The number of piperidine rings is 1. The third-order valence-corrected chi connectivity index (χ3v) is 4.54. The zero-order valence-corrected chi connectivity index (χ0v) is 14.9. The van der Waals surface area contributed by atoms with E-state index in [0.717, 1.165) is 25.2 Å². The van der Waals surface area contributed by atoms with E-state index in [2.05, 4.69) is 20.2 Å². The Bertz CT molecular complexity index is 753. The first-order chi connectivity index (χ1) is 12.7. The summed E-state index contributed by atoms with van der Waals surface area (Å²) in [4.78, 5) is 23.5. The van der Waals surface area contributed by atoms with Crippen molar-refractivity contribution in [3.63, 3.8) is 0 Å². The van der Waals surface area contributed by atoms with Crippen LogP contribution in [0, 0.1) is 5.92 Å². The summed E-state index contributed by atoms with van der Waals surface area (Å²) in [5.41, 5.74) is 0.684. The van der Waals surface area contributed by atoms with E-state index in [1.54, 1.807) is 13.2 Å². The number of benzene rings is 1. The van der Waals surface area contributed by atoms with Gasteiger partial charge >= 0.3 is 0 Å². The van der Waals surface area contributed by atoms with Crippen LogP contribution in [0.2, 0.25) is 0 Å². The van der Waals surface area contributed by atoms with E-state index in [0.29, 0.717) is 30.2 Å². The molecule has 2 aromatic rings. The number of anilines is 2. The van der Waals surface area contributed by atoms with Crippen molar-refractivity contribution < 1.29 is 14.6 Å². The van der Waals surface area contributed by atoms with Crippen LogP contribution in [-0.2, 0) is 0 Å². The Balaban J connectivity index is 1.71. The van der Waals surface area contributed by atoms with E-state index in [1.807, 2.05) is 24.3 Å². The molecule has 1 fully saturated rings. The quantitative estimate of drug-likeness (QED) is 0.734. The predicted molar refractivity (Wildman–Crippen MR) is 99.9 cm³/mol. The Morgan fingerprint density at radius 2 is 2.27 bits per heavy atom. The molecule has 2 heterocycles. The van der Waals surface area contributed by atoms with Gasteiger partial charge in [0.15, 0.2) is 5.78 Å². The molecule has 7 nitrogen and oxygen atoms in total. The summed E-state index contributed by atoms with van der Waals surface area (Å²) in [6, 6.07) is 9.17. The van der Waals surface area contributed by atoms with Crippen molar-refractivity contribution in [1.29, 1.82) is 0 Å². The van der Waals surface area contributed by atoms with Crippen LogP contribution in [0.5, 0.6) is 5.75 Å². The summed E-state index contributed by atoms with van der Waals surface area (Å²) >= 11 is 0. The Hall–Kier alpha value is -2.67. The zero-order chi connectivity index (χ0) is 18.4. The summed E-state index contributed by atoms with van der Waals surface area (Å²) in [6.45, 7) is 1.97. The van der Waals surface area contributed by atoms with Gasteiger partial charge in [-0.15, -0.1) is 0 Å². The fourth-order valence-electron chi connectivity index (χ4n) is 3.21. The molecule has 0 spiro atoms. The second-order valence-corrected chi connectivity index (χ2v) is 6.29. The average molecular weight is 356 g/mol. The first-order valence-corrected chi connectivity index (χ1v) is 8.81. The molecule has 0 radical (unpaired) electrons. The Morgan fingerprint density at radius 3 is 3.08 bits per heavy atom. The van der Waals surface area contributed by atoms with E-state index in [-0.39, 0.29) is 18.3 Å². The maximum Gasteiger partial charge on any atom is 0.167 e.